The third kappa shape index (κ3) is 6.15. The molecule has 2 aliphatic heterocycles. The lowest BCUT2D eigenvalue weighted by atomic mass is 9.92. The number of rotatable bonds is 5. The zero-order valence-electron chi connectivity index (χ0n) is 21.1. The van der Waals surface area contributed by atoms with Crippen LogP contribution in [0.15, 0.2) is 46.9 Å². The first kappa shape index (κ1) is 25.9. The van der Waals surface area contributed by atoms with E-state index in [1.807, 2.05) is 11.8 Å². The third-order valence-corrected chi connectivity index (χ3v) is 7.56. The Kier molecular flexibility index (Phi) is 9.00. The van der Waals surface area contributed by atoms with Gasteiger partial charge in [0.15, 0.2) is 0 Å². The summed E-state index contributed by atoms with van der Waals surface area (Å²) in [4.78, 5) is 22.4. The number of aromatic nitrogens is 1. The van der Waals surface area contributed by atoms with Crippen molar-refractivity contribution in [3.63, 3.8) is 0 Å². The van der Waals surface area contributed by atoms with Crippen LogP contribution in [-0.2, 0) is 22.5 Å². The van der Waals surface area contributed by atoms with E-state index in [1.165, 1.54) is 29.5 Å². The maximum atomic E-state index is 11.9. The van der Waals surface area contributed by atoms with E-state index in [2.05, 4.69) is 85.0 Å². The van der Waals surface area contributed by atoms with Gasteiger partial charge in [-0.05, 0) is 74.8 Å². The van der Waals surface area contributed by atoms with Gasteiger partial charge in [0.1, 0.15) is 0 Å². The molecule has 6 nitrogen and oxygen atoms in total. The van der Waals surface area contributed by atoms with Crippen LogP contribution >= 0.6 is 15.9 Å². The predicted octanol–water partition coefficient (Wildman–Crippen LogP) is 4.82. The Balaban J connectivity index is 0.000000672. The highest BCUT2D eigenvalue weighted by atomic mass is 79.9. The van der Waals surface area contributed by atoms with Crippen molar-refractivity contribution in [2.75, 3.05) is 53.5 Å². The quantitative estimate of drug-likeness (QED) is 0.471. The van der Waals surface area contributed by atoms with Gasteiger partial charge in [-0.3, -0.25) is 9.69 Å². The number of hydrogen-bond donors (Lipinski definition) is 1. The van der Waals surface area contributed by atoms with Gasteiger partial charge in [-0.15, -0.1) is 0 Å². The number of hydrogen-bond acceptors (Lipinski definition) is 4. The standard InChI is InChI=1S/C25H29BrN4O.C3H8O/c1-28-10-2-11-29(14-13-28)16-18-3-5-19(6-4-18)25-24-21(9-12-30(25)17-31)22-15-20(26)7-8-23(22)27-24;1-3-4-2/h3-8,15,17,25,27H,2,9-14,16H2,1H3;3H2,1-2H3. The lowest BCUT2D eigenvalue weighted by molar-refractivity contribution is -0.120. The molecule has 2 aliphatic rings. The normalized spacial score (nSPS) is 19.1. The van der Waals surface area contributed by atoms with E-state index in [1.54, 1.807) is 7.11 Å². The second-order valence-corrected chi connectivity index (χ2v) is 10.4. The second-order valence-electron chi connectivity index (χ2n) is 9.45. The monoisotopic (exact) mass is 540 g/mol. The van der Waals surface area contributed by atoms with Gasteiger partial charge in [0.05, 0.1) is 6.04 Å². The van der Waals surface area contributed by atoms with Crippen molar-refractivity contribution in [3.05, 3.63) is 69.3 Å². The van der Waals surface area contributed by atoms with Crippen molar-refractivity contribution in [3.8, 4) is 0 Å². The molecule has 1 N–H and O–H groups in total. The van der Waals surface area contributed by atoms with Crippen LogP contribution in [0.3, 0.4) is 0 Å². The number of halogens is 1. The number of benzene rings is 2. The molecule has 0 spiro atoms. The lowest BCUT2D eigenvalue weighted by Crippen LogP contribution is -2.35. The van der Waals surface area contributed by atoms with Gasteiger partial charge < -0.3 is 19.5 Å². The fourth-order valence-corrected chi connectivity index (χ4v) is 5.43. The summed E-state index contributed by atoms with van der Waals surface area (Å²) < 4.78 is 5.63. The number of carbonyl (C=O) groups is 1. The zero-order valence-corrected chi connectivity index (χ0v) is 22.7. The van der Waals surface area contributed by atoms with E-state index in [-0.39, 0.29) is 6.04 Å². The number of ether oxygens (including phenoxy) is 1. The number of amides is 1. The van der Waals surface area contributed by atoms with E-state index in [9.17, 15) is 4.79 Å². The Morgan fingerprint density at radius 1 is 1.09 bits per heavy atom. The average molecular weight is 542 g/mol. The number of nitrogens with zero attached hydrogens (tertiary/aromatic N) is 3. The molecule has 1 saturated heterocycles. The lowest BCUT2D eigenvalue weighted by Gasteiger charge is -2.33. The van der Waals surface area contributed by atoms with Gasteiger partial charge >= 0.3 is 0 Å². The molecule has 1 amide bonds. The van der Waals surface area contributed by atoms with Crippen molar-refractivity contribution >= 4 is 33.2 Å². The number of methoxy groups -OCH3 is 1. The van der Waals surface area contributed by atoms with Crippen molar-refractivity contribution in [2.24, 2.45) is 0 Å². The fourth-order valence-electron chi connectivity index (χ4n) is 5.07. The molecule has 3 heterocycles. The summed E-state index contributed by atoms with van der Waals surface area (Å²) in [5, 5.41) is 1.25. The van der Waals surface area contributed by atoms with Crippen LogP contribution in [0.2, 0.25) is 0 Å². The maximum absolute atomic E-state index is 11.9. The zero-order chi connectivity index (χ0) is 24.8. The van der Waals surface area contributed by atoms with Gasteiger partial charge in [0.2, 0.25) is 6.41 Å². The first-order valence-corrected chi connectivity index (χ1v) is 13.3. The molecular weight excluding hydrogens is 504 g/mol. The van der Waals surface area contributed by atoms with E-state index >= 15 is 0 Å². The highest BCUT2D eigenvalue weighted by Crippen LogP contribution is 2.38. The summed E-state index contributed by atoms with van der Waals surface area (Å²) in [7, 11) is 3.89. The number of carbonyl (C=O) groups excluding carboxylic acids is 1. The number of fused-ring (bicyclic) bond motifs is 3. The molecule has 1 aromatic heterocycles. The van der Waals surface area contributed by atoms with Gasteiger partial charge in [-0.25, -0.2) is 0 Å². The van der Waals surface area contributed by atoms with Crippen molar-refractivity contribution in [2.45, 2.75) is 32.4 Å². The first-order chi connectivity index (χ1) is 17.0. The Labute approximate surface area is 217 Å². The second kappa shape index (κ2) is 12.2. The highest BCUT2D eigenvalue weighted by molar-refractivity contribution is 9.10. The van der Waals surface area contributed by atoms with Crippen LogP contribution in [0, 0.1) is 0 Å². The Bertz CT molecular complexity index is 1110. The smallest absolute Gasteiger partial charge is 0.210 e. The minimum Gasteiger partial charge on any atom is -0.385 e. The van der Waals surface area contributed by atoms with Crippen molar-refractivity contribution in [1.29, 1.82) is 0 Å². The van der Waals surface area contributed by atoms with Crippen LogP contribution in [0.5, 0.6) is 0 Å². The molecule has 1 unspecified atom stereocenters. The number of likely N-dealkylation sites (N-methyl/N-ethyl adjacent to an activating group) is 1. The highest BCUT2D eigenvalue weighted by Gasteiger charge is 2.31. The largest absolute Gasteiger partial charge is 0.385 e. The summed E-state index contributed by atoms with van der Waals surface area (Å²) in [6.07, 6.45) is 3.10. The molecule has 1 atom stereocenters. The third-order valence-electron chi connectivity index (χ3n) is 7.06. The number of aromatic amines is 1. The average Bonchev–Trinajstić information content (AvgIpc) is 3.12. The van der Waals surface area contributed by atoms with Crippen molar-refractivity contribution in [1.82, 2.24) is 19.7 Å². The Morgan fingerprint density at radius 2 is 1.86 bits per heavy atom. The van der Waals surface area contributed by atoms with Gasteiger partial charge in [-0.1, -0.05) is 40.2 Å². The molecular formula is C28H37BrN4O2. The van der Waals surface area contributed by atoms with Crippen LogP contribution in [0.4, 0.5) is 0 Å². The fraction of sp³-hybridized carbons (Fsp3) is 0.464. The predicted molar refractivity (Wildman–Crippen MR) is 146 cm³/mol. The van der Waals surface area contributed by atoms with E-state index in [4.69, 9.17) is 0 Å². The van der Waals surface area contributed by atoms with Gasteiger partial charge in [-0.2, -0.15) is 0 Å². The number of H-pyrrole nitrogens is 1. The molecule has 5 rings (SSSR count). The number of nitrogens with one attached hydrogen (secondary N) is 1. The summed E-state index contributed by atoms with van der Waals surface area (Å²) in [5.74, 6) is 0. The Morgan fingerprint density at radius 3 is 2.57 bits per heavy atom. The molecule has 35 heavy (non-hydrogen) atoms. The van der Waals surface area contributed by atoms with E-state index < -0.39 is 0 Å². The Hall–Kier alpha value is -2.19. The molecule has 1 fully saturated rings. The summed E-state index contributed by atoms with van der Waals surface area (Å²) in [6.45, 7) is 9.09. The van der Waals surface area contributed by atoms with Crippen molar-refractivity contribution < 1.29 is 9.53 Å². The van der Waals surface area contributed by atoms with E-state index in [0.717, 1.165) is 73.4 Å². The minimum absolute atomic E-state index is 0.0617. The molecule has 0 bridgehead atoms. The van der Waals surface area contributed by atoms with Crippen LogP contribution in [-0.4, -0.2) is 79.6 Å². The maximum Gasteiger partial charge on any atom is 0.210 e. The topological polar surface area (TPSA) is 51.8 Å². The van der Waals surface area contributed by atoms with Crippen LogP contribution < -0.4 is 0 Å². The van der Waals surface area contributed by atoms with Gasteiger partial charge in [0, 0.05) is 61.0 Å². The molecule has 3 aromatic rings. The van der Waals surface area contributed by atoms with Crippen LogP contribution in [0.1, 0.15) is 41.8 Å². The molecule has 0 aliphatic carbocycles. The summed E-state index contributed by atoms with van der Waals surface area (Å²) >= 11 is 3.60. The molecule has 2 aromatic carbocycles. The van der Waals surface area contributed by atoms with E-state index in [0.29, 0.717) is 0 Å². The molecule has 7 heteroatoms. The molecule has 0 saturated carbocycles. The van der Waals surface area contributed by atoms with Gasteiger partial charge in [0.25, 0.3) is 0 Å². The first-order valence-electron chi connectivity index (χ1n) is 12.5. The minimum atomic E-state index is -0.0617. The molecule has 0 radical (unpaired) electrons. The SMILES string of the molecule is CCOC.CN1CCCN(Cc2ccc(C3c4[nH]c5ccc(Br)cc5c4CCN3C=O)cc2)CC1. The summed E-state index contributed by atoms with van der Waals surface area (Å²) in [6, 6.07) is 15.2. The summed E-state index contributed by atoms with van der Waals surface area (Å²) in [5.41, 5.74) is 6.11. The molecule has 188 valence electrons. The van der Waals surface area contributed by atoms with Crippen LogP contribution in [0.25, 0.3) is 10.9 Å².